The SMILES string of the molecule is C=CC1=C(C)CC(C)CN1C. The molecule has 0 aliphatic carbocycles. The predicted octanol–water partition coefficient (Wildman–Crippen LogP) is 2.42. The lowest BCUT2D eigenvalue weighted by atomic mass is 9.95. The molecular weight excluding hydrogens is 134 g/mol. The average molecular weight is 151 g/mol. The number of nitrogens with zero attached hydrogens (tertiary/aromatic N) is 1. The van der Waals surface area contributed by atoms with Crippen LogP contribution in [0, 0.1) is 5.92 Å². The Morgan fingerprint density at radius 3 is 2.73 bits per heavy atom. The molecule has 0 aromatic carbocycles. The lowest BCUT2D eigenvalue weighted by molar-refractivity contribution is 0.323. The van der Waals surface area contributed by atoms with Crippen molar-refractivity contribution in [2.24, 2.45) is 5.92 Å². The molecule has 0 bridgehead atoms. The molecule has 1 unspecified atom stereocenters. The molecule has 1 rings (SSSR count). The van der Waals surface area contributed by atoms with Crippen molar-refractivity contribution in [2.45, 2.75) is 20.3 Å². The van der Waals surface area contributed by atoms with E-state index in [9.17, 15) is 0 Å². The quantitative estimate of drug-likeness (QED) is 0.556. The Morgan fingerprint density at radius 1 is 1.64 bits per heavy atom. The molecule has 0 spiro atoms. The maximum Gasteiger partial charge on any atom is 0.0346 e. The Balaban J connectivity index is 2.85. The Bertz CT molecular complexity index is 191. The van der Waals surface area contributed by atoms with Crippen LogP contribution in [0.15, 0.2) is 23.9 Å². The molecule has 1 aliphatic heterocycles. The third-order valence-corrected chi connectivity index (χ3v) is 2.28. The zero-order chi connectivity index (χ0) is 8.43. The van der Waals surface area contributed by atoms with Crippen LogP contribution in [0.2, 0.25) is 0 Å². The summed E-state index contributed by atoms with van der Waals surface area (Å²) < 4.78 is 0. The highest BCUT2D eigenvalue weighted by Gasteiger charge is 2.16. The van der Waals surface area contributed by atoms with Crippen molar-refractivity contribution in [3.05, 3.63) is 23.9 Å². The van der Waals surface area contributed by atoms with Gasteiger partial charge >= 0.3 is 0 Å². The average Bonchev–Trinajstić information content (AvgIpc) is 1.85. The summed E-state index contributed by atoms with van der Waals surface area (Å²) in [4.78, 5) is 2.29. The number of hydrogen-bond acceptors (Lipinski definition) is 1. The van der Waals surface area contributed by atoms with E-state index >= 15 is 0 Å². The second-order valence-corrected chi connectivity index (χ2v) is 3.56. The molecule has 1 atom stereocenters. The van der Waals surface area contributed by atoms with Crippen LogP contribution in [0.4, 0.5) is 0 Å². The number of likely N-dealkylation sites (N-methyl/N-ethyl adjacent to an activating group) is 1. The van der Waals surface area contributed by atoms with Gasteiger partial charge in [-0.3, -0.25) is 0 Å². The summed E-state index contributed by atoms with van der Waals surface area (Å²) in [5.74, 6) is 0.795. The first-order valence-corrected chi connectivity index (χ1v) is 4.18. The van der Waals surface area contributed by atoms with Crippen molar-refractivity contribution >= 4 is 0 Å². The molecular formula is C10H17N. The van der Waals surface area contributed by atoms with E-state index in [0.29, 0.717) is 0 Å². The molecule has 1 aliphatic rings. The Hall–Kier alpha value is -0.720. The molecule has 0 aromatic heterocycles. The van der Waals surface area contributed by atoms with E-state index in [1.54, 1.807) is 0 Å². The second kappa shape index (κ2) is 3.12. The van der Waals surface area contributed by atoms with E-state index < -0.39 is 0 Å². The second-order valence-electron chi connectivity index (χ2n) is 3.56. The largest absolute Gasteiger partial charge is 0.374 e. The predicted molar refractivity (Wildman–Crippen MR) is 49.3 cm³/mol. The van der Waals surface area contributed by atoms with Gasteiger partial charge in [0, 0.05) is 19.3 Å². The molecule has 1 nitrogen and oxygen atoms in total. The molecule has 0 saturated heterocycles. The number of allylic oxidation sites excluding steroid dienone is 2. The summed E-state index contributed by atoms with van der Waals surface area (Å²) in [6, 6.07) is 0. The van der Waals surface area contributed by atoms with Crippen molar-refractivity contribution in [3.63, 3.8) is 0 Å². The first kappa shape index (κ1) is 8.38. The molecule has 0 fully saturated rings. The van der Waals surface area contributed by atoms with E-state index in [2.05, 4.69) is 32.4 Å². The van der Waals surface area contributed by atoms with Gasteiger partial charge in [-0.1, -0.05) is 13.5 Å². The molecule has 0 saturated carbocycles. The summed E-state index contributed by atoms with van der Waals surface area (Å²) in [5.41, 5.74) is 2.80. The van der Waals surface area contributed by atoms with Crippen LogP contribution in [0.3, 0.4) is 0 Å². The highest BCUT2D eigenvalue weighted by molar-refractivity contribution is 5.23. The third-order valence-electron chi connectivity index (χ3n) is 2.28. The van der Waals surface area contributed by atoms with Gasteiger partial charge in [0.1, 0.15) is 0 Å². The van der Waals surface area contributed by atoms with E-state index in [4.69, 9.17) is 0 Å². The summed E-state index contributed by atoms with van der Waals surface area (Å²) in [5, 5.41) is 0. The van der Waals surface area contributed by atoms with E-state index in [-0.39, 0.29) is 0 Å². The van der Waals surface area contributed by atoms with Gasteiger partial charge in [0.2, 0.25) is 0 Å². The monoisotopic (exact) mass is 151 g/mol. The van der Waals surface area contributed by atoms with E-state index in [1.165, 1.54) is 24.2 Å². The number of hydrogen-bond donors (Lipinski definition) is 0. The summed E-state index contributed by atoms with van der Waals surface area (Å²) in [6.07, 6.45) is 3.19. The van der Waals surface area contributed by atoms with Crippen LogP contribution in [-0.4, -0.2) is 18.5 Å². The van der Waals surface area contributed by atoms with Crippen molar-refractivity contribution in [3.8, 4) is 0 Å². The molecule has 1 heterocycles. The van der Waals surface area contributed by atoms with Gasteiger partial charge in [-0.05, 0) is 30.9 Å². The van der Waals surface area contributed by atoms with Crippen LogP contribution in [0.25, 0.3) is 0 Å². The van der Waals surface area contributed by atoms with Crippen LogP contribution in [0.1, 0.15) is 20.3 Å². The normalized spacial score (nSPS) is 25.7. The molecule has 0 radical (unpaired) electrons. The smallest absolute Gasteiger partial charge is 0.0346 e. The molecule has 11 heavy (non-hydrogen) atoms. The van der Waals surface area contributed by atoms with Crippen molar-refractivity contribution in [1.29, 1.82) is 0 Å². The highest BCUT2D eigenvalue weighted by Crippen LogP contribution is 2.24. The first-order valence-electron chi connectivity index (χ1n) is 4.18. The van der Waals surface area contributed by atoms with E-state index in [0.717, 1.165) is 5.92 Å². The van der Waals surface area contributed by atoms with Crippen molar-refractivity contribution in [2.75, 3.05) is 13.6 Å². The minimum atomic E-state index is 0.795. The van der Waals surface area contributed by atoms with E-state index in [1.807, 2.05) is 6.08 Å². The molecule has 0 aromatic rings. The Labute approximate surface area is 69.4 Å². The summed E-state index contributed by atoms with van der Waals surface area (Å²) in [6.45, 7) is 9.47. The van der Waals surface area contributed by atoms with Crippen molar-refractivity contribution < 1.29 is 0 Å². The number of rotatable bonds is 1. The van der Waals surface area contributed by atoms with Gasteiger partial charge in [0.15, 0.2) is 0 Å². The molecule has 0 amide bonds. The van der Waals surface area contributed by atoms with Crippen LogP contribution < -0.4 is 0 Å². The third kappa shape index (κ3) is 1.65. The minimum Gasteiger partial charge on any atom is -0.374 e. The maximum absolute atomic E-state index is 3.81. The summed E-state index contributed by atoms with van der Waals surface area (Å²) in [7, 11) is 2.14. The Morgan fingerprint density at radius 2 is 2.27 bits per heavy atom. The van der Waals surface area contributed by atoms with Gasteiger partial charge in [-0.15, -0.1) is 0 Å². The zero-order valence-corrected chi connectivity index (χ0v) is 7.72. The van der Waals surface area contributed by atoms with Crippen LogP contribution >= 0.6 is 0 Å². The van der Waals surface area contributed by atoms with Gasteiger partial charge in [-0.2, -0.15) is 0 Å². The fraction of sp³-hybridized carbons (Fsp3) is 0.600. The molecule has 1 heteroatoms. The highest BCUT2D eigenvalue weighted by atomic mass is 15.1. The van der Waals surface area contributed by atoms with Gasteiger partial charge in [0.05, 0.1) is 0 Å². The van der Waals surface area contributed by atoms with Gasteiger partial charge in [0.25, 0.3) is 0 Å². The summed E-state index contributed by atoms with van der Waals surface area (Å²) >= 11 is 0. The standard InChI is InChI=1S/C10H17N/c1-5-10-9(3)6-8(2)7-11(10)4/h5,8H,1,6-7H2,2-4H3. The maximum atomic E-state index is 3.81. The molecule has 62 valence electrons. The lowest BCUT2D eigenvalue weighted by Gasteiger charge is -2.31. The van der Waals surface area contributed by atoms with Gasteiger partial charge < -0.3 is 4.90 Å². The molecule has 0 N–H and O–H groups in total. The van der Waals surface area contributed by atoms with Crippen molar-refractivity contribution in [1.82, 2.24) is 4.90 Å². The fourth-order valence-electron chi connectivity index (χ4n) is 1.91. The zero-order valence-electron chi connectivity index (χ0n) is 7.72. The van der Waals surface area contributed by atoms with Gasteiger partial charge in [-0.25, -0.2) is 0 Å². The topological polar surface area (TPSA) is 3.24 Å². The lowest BCUT2D eigenvalue weighted by Crippen LogP contribution is -2.28. The minimum absolute atomic E-state index is 0.795. The fourth-order valence-corrected chi connectivity index (χ4v) is 1.91. The first-order chi connectivity index (χ1) is 5.15. The van der Waals surface area contributed by atoms with Crippen LogP contribution in [0.5, 0.6) is 0 Å². The Kier molecular flexibility index (Phi) is 2.38. The van der Waals surface area contributed by atoms with Crippen LogP contribution in [-0.2, 0) is 0 Å².